The van der Waals surface area contributed by atoms with E-state index < -0.39 is 0 Å². The highest BCUT2D eigenvalue weighted by atomic mass is 16.2. The molecule has 0 fully saturated rings. The van der Waals surface area contributed by atoms with Crippen LogP contribution >= 0.6 is 0 Å². The number of benzene rings is 2. The number of nitrogens with one attached hydrogen (secondary N) is 1. The molecule has 0 aliphatic carbocycles. The molecule has 0 aliphatic rings. The molecule has 0 radical (unpaired) electrons. The molecule has 0 saturated carbocycles. The predicted molar refractivity (Wildman–Crippen MR) is 86.7 cm³/mol. The third kappa shape index (κ3) is 4.76. The van der Waals surface area contributed by atoms with Crippen molar-refractivity contribution in [2.45, 2.75) is 6.42 Å². The third-order valence-corrected chi connectivity index (χ3v) is 3.02. The summed E-state index contributed by atoms with van der Waals surface area (Å²) in [6.07, 6.45) is 1.97. The van der Waals surface area contributed by atoms with Crippen molar-refractivity contribution < 1.29 is 4.79 Å². The highest BCUT2D eigenvalue weighted by Crippen LogP contribution is 2.10. The van der Waals surface area contributed by atoms with E-state index in [2.05, 4.69) is 10.5 Å². The molecule has 0 aromatic heterocycles. The summed E-state index contributed by atoms with van der Waals surface area (Å²) in [6.45, 7) is 0. The van der Waals surface area contributed by atoms with Gasteiger partial charge in [0.15, 0.2) is 0 Å². The summed E-state index contributed by atoms with van der Waals surface area (Å²) in [6, 6.07) is 17.5. The van der Waals surface area contributed by atoms with Crippen molar-refractivity contribution in [1.29, 1.82) is 0 Å². The zero-order valence-electron chi connectivity index (χ0n) is 12.3. The highest BCUT2D eigenvalue weighted by Gasteiger charge is 2.00. The Morgan fingerprint density at radius 3 is 2.38 bits per heavy atom. The van der Waals surface area contributed by atoms with Crippen LogP contribution in [-0.4, -0.2) is 26.2 Å². The average molecular weight is 281 g/mol. The number of carbonyl (C=O) groups is 1. The first-order chi connectivity index (χ1) is 10.1. The molecule has 0 unspecified atom stereocenters. The molecule has 108 valence electrons. The van der Waals surface area contributed by atoms with Crippen molar-refractivity contribution in [3.05, 3.63) is 65.7 Å². The summed E-state index contributed by atoms with van der Waals surface area (Å²) in [5.74, 6) is -0.123. The summed E-state index contributed by atoms with van der Waals surface area (Å²) in [4.78, 5) is 13.7. The number of nitrogens with zero attached hydrogens (tertiary/aromatic N) is 2. The Balaban J connectivity index is 1.86. The van der Waals surface area contributed by atoms with Gasteiger partial charge in [0.05, 0.1) is 12.6 Å². The lowest BCUT2D eigenvalue weighted by molar-refractivity contribution is -0.120. The number of hydrazone groups is 1. The van der Waals surface area contributed by atoms with E-state index in [1.54, 1.807) is 6.21 Å². The third-order valence-electron chi connectivity index (χ3n) is 3.02. The number of amides is 1. The minimum absolute atomic E-state index is 0.123. The van der Waals surface area contributed by atoms with Crippen molar-refractivity contribution in [3.8, 4) is 0 Å². The SMILES string of the molecule is CN(C)c1ccc(C=NNC(=O)Cc2ccccc2)cc1. The molecule has 2 aromatic rings. The molecule has 0 spiro atoms. The normalized spacial score (nSPS) is 10.6. The van der Waals surface area contributed by atoms with Crippen LogP contribution < -0.4 is 10.3 Å². The Labute approximate surface area is 125 Å². The molecule has 0 bridgehead atoms. The lowest BCUT2D eigenvalue weighted by Gasteiger charge is -2.11. The summed E-state index contributed by atoms with van der Waals surface area (Å²) in [5.41, 5.74) is 5.58. The van der Waals surface area contributed by atoms with Crippen LogP contribution in [0.5, 0.6) is 0 Å². The predicted octanol–water partition coefficient (Wildman–Crippen LogP) is 2.45. The van der Waals surface area contributed by atoms with Crippen LogP contribution in [0, 0.1) is 0 Å². The first-order valence-corrected chi connectivity index (χ1v) is 6.78. The van der Waals surface area contributed by atoms with Crippen molar-refractivity contribution >= 4 is 17.8 Å². The van der Waals surface area contributed by atoms with E-state index in [1.165, 1.54) is 0 Å². The van der Waals surface area contributed by atoms with E-state index in [9.17, 15) is 4.79 Å². The second-order valence-corrected chi connectivity index (χ2v) is 4.94. The molecule has 2 rings (SSSR count). The number of rotatable bonds is 5. The van der Waals surface area contributed by atoms with E-state index in [0.29, 0.717) is 6.42 Å². The summed E-state index contributed by atoms with van der Waals surface area (Å²) in [7, 11) is 3.99. The maximum atomic E-state index is 11.7. The van der Waals surface area contributed by atoms with Crippen molar-refractivity contribution in [1.82, 2.24) is 5.43 Å². The van der Waals surface area contributed by atoms with Crippen LogP contribution in [0.25, 0.3) is 0 Å². The van der Waals surface area contributed by atoms with Gasteiger partial charge in [0.2, 0.25) is 5.91 Å². The van der Waals surface area contributed by atoms with Gasteiger partial charge in [0, 0.05) is 19.8 Å². The summed E-state index contributed by atoms with van der Waals surface area (Å²) in [5, 5.41) is 3.97. The van der Waals surface area contributed by atoms with Crippen LogP contribution in [0.1, 0.15) is 11.1 Å². The zero-order chi connectivity index (χ0) is 15.1. The largest absolute Gasteiger partial charge is 0.378 e. The molecular formula is C17H19N3O. The standard InChI is InChI=1S/C17H19N3O/c1-20(2)16-10-8-15(9-11-16)13-18-19-17(21)12-14-6-4-3-5-7-14/h3-11,13H,12H2,1-2H3,(H,19,21). The summed E-state index contributed by atoms with van der Waals surface area (Å²) < 4.78 is 0. The van der Waals surface area contributed by atoms with Crippen LogP contribution in [0.3, 0.4) is 0 Å². The zero-order valence-corrected chi connectivity index (χ0v) is 12.3. The van der Waals surface area contributed by atoms with E-state index in [4.69, 9.17) is 0 Å². The quantitative estimate of drug-likeness (QED) is 0.676. The number of hydrogen-bond donors (Lipinski definition) is 1. The van der Waals surface area contributed by atoms with Crippen LogP contribution in [0.2, 0.25) is 0 Å². The number of hydrogen-bond acceptors (Lipinski definition) is 3. The minimum atomic E-state index is -0.123. The molecule has 4 heteroatoms. The maximum Gasteiger partial charge on any atom is 0.244 e. The van der Waals surface area contributed by atoms with Gasteiger partial charge in [0.1, 0.15) is 0 Å². The van der Waals surface area contributed by atoms with Gasteiger partial charge in [-0.15, -0.1) is 0 Å². The van der Waals surface area contributed by atoms with E-state index >= 15 is 0 Å². The first-order valence-electron chi connectivity index (χ1n) is 6.78. The van der Waals surface area contributed by atoms with Crippen LogP contribution in [0.15, 0.2) is 59.7 Å². The Kier molecular flexibility index (Phi) is 5.10. The van der Waals surface area contributed by atoms with Gasteiger partial charge in [-0.1, -0.05) is 42.5 Å². The minimum Gasteiger partial charge on any atom is -0.378 e. The molecule has 2 aromatic carbocycles. The second kappa shape index (κ2) is 7.24. The lowest BCUT2D eigenvalue weighted by Crippen LogP contribution is -2.19. The molecule has 0 atom stereocenters. The number of anilines is 1. The fourth-order valence-electron chi connectivity index (χ4n) is 1.86. The van der Waals surface area contributed by atoms with Crippen molar-refractivity contribution in [3.63, 3.8) is 0 Å². The van der Waals surface area contributed by atoms with Crippen molar-refractivity contribution in [2.24, 2.45) is 5.10 Å². The molecule has 4 nitrogen and oxygen atoms in total. The molecule has 21 heavy (non-hydrogen) atoms. The monoisotopic (exact) mass is 281 g/mol. The lowest BCUT2D eigenvalue weighted by atomic mass is 10.1. The fraction of sp³-hybridized carbons (Fsp3) is 0.176. The average Bonchev–Trinajstić information content (AvgIpc) is 2.49. The molecule has 0 saturated heterocycles. The second-order valence-electron chi connectivity index (χ2n) is 4.94. The highest BCUT2D eigenvalue weighted by molar-refractivity contribution is 5.83. The van der Waals surface area contributed by atoms with Crippen LogP contribution in [-0.2, 0) is 11.2 Å². The molecule has 1 amide bonds. The van der Waals surface area contributed by atoms with Gasteiger partial charge in [-0.2, -0.15) is 5.10 Å². The van der Waals surface area contributed by atoms with E-state index in [0.717, 1.165) is 16.8 Å². The molecule has 0 aliphatic heterocycles. The van der Waals surface area contributed by atoms with Crippen LogP contribution in [0.4, 0.5) is 5.69 Å². The van der Waals surface area contributed by atoms with Gasteiger partial charge in [-0.05, 0) is 23.3 Å². The summed E-state index contributed by atoms with van der Waals surface area (Å²) >= 11 is 0. The first kappa shape index (κ1) is 14.8. The maximum absolute atomic E-state index is 11.7. The smallest absolute Gasteiger partial charge is 0.244 e. The molecule has 0 heterocycles. The topological polar surface area (TPSA) is 44.7 Å². The number of carbonyl (C=O) groups excluding carboxylic acids is 1. The van der Waals surface area contributed by atoms with E-state index in [1.807, 2.05) is 73.6 Å². The Morgan fingerprint density at radius 1 is 1.10 bits per heavy atom. The Hall–Kier alpha value is -2.62. The Morgan fingerprint density at radius 2 is 1.76 bits per heavy atom. The molecule has 1 N–H and O–H groups in total. The van der Waals surface area contributed by atoms with Gasteiger partial charge < -0.3 is 4.90 Å². The van der Waals surface area contributed by atoms with Gasteiger partial charge in [0.25, 0.3) is 0 Å². The van der Waals surface area contributed by atoms with E-state index in [-0.39, 0.29) is 5.91 Å². The van der Waals surface area contributed by atoms with Gasteiger partial charge >= 0.3 is 0 Å². The molecular weight excluding hydrogens is 262 g/mol. The van der Waals surface area contributed by atoms with Gasteiger partial charge in [-0.25, -0.2) is 5.43 Å². The van der Waals surface area contributed by atoms with Crippen molar-refractivity contribution in [2.75, 3.05) is 19.0 Å². The fourth-order valence-corrected chi connectivity index (χ4v) is 1.86. The Bertz CT molecular complexity index is 604. The van der Waals surface area contributed by atoms with Gasteiger partial charge in [-0.3, -0.25) is 4.79 Å².